The smallest absolute Gasteiger partial charge is 0.315 e. The molecule has 1 aromatic carbocycles. The maximum absolute atomic E-state index is 12.1. The number of fused-ring (bicyclic) bond motifs is 1. The fourth-order valence-electron chi connectivity index (χ4n) is 3.02. The Morgan fingerprint density at radius 2 is 1.96 bits per heavy atom. The molecule has 0 saturated carbocycles. The van der Waals surface area contributed by atoms with Crippen molar-refractivity contribution in [1.82, 2.24) is 16.0 Å². The van der Waals surface area contributed by atoms with E-state index in [4.69, 9.17) is 0 Å². The van der Waals surface area contributed by atoms with E-state index in [1.807, 2.05) is 26.0 Å². The van der Waals surface area contributed by atoms with Crippen LogP contribution in [0.15, 0.2) is 24.3 Å². The molecule has 2 rings (SSSR count). The number of hydrogen-bond donors (Lipinski definition) is 3. The number of benzene rings is 1. The molecule has 25 heavy (non-hydrogen) atoms. The molecule has 0 unspecified atom stereocenters. The average molecular weight is 346 g/mol. The normalized spacial score (nSPS) is 18.7. The molecule has 0 saturated heterocycles. The van der Waals surface area contributed by atoms with Gasteiger partial charge in [-0.2, -0.15) is 0 Å². The van der Waals surface area contributed by atoms with E-state index in [9.17, 15) is 9.59 Å². The summed E-state index contributed by atoms with van der Waals surface area (Å²) in [5.41, 5.74) is 2.49. The first-order valence-electron chi connectivity index (χ1n) is 9.07. The van der Waals surface area contributed by atoms with Gasteiger partial charge in [-0.3, -0.25) is 4.79 Å². The van der Waals surface area contributed by atoms with Crippen molar-refractivity contribution >= 4 is 17.6 Å². The van der Waals surface area contributed by atoms with Crippen LogP contribution in [0.2, 0.25) is 0 Å². The summed E-state index contributed by atoms with van der Waals surface area (Å²) in [4.78, 5) is 26.4. The van der Waals surface area contributed by atoms with Crippen LogP contribution >= 0.6 is 0 Å². The number of anilines is 1. The van der Waals surface area contributed by atoms with Crippen molar-refractivity contribution in [3.05, 3.63) is 29.8 Å². The minimum absolute atomic E-state index is 0.107. The van der Waals surface area contributed by atoms with E-state index in [0.717, 1.165) is 19.4 Å². The lowest BCUT2D eigenvalue weighted by atomic mass is 9.90. The number of amides is 3. The maximum Gasteiger partial charge on any atom is 0.315 e. The predicted octanol–water partition coefficient (Wildman–Crippen LogP) is 2.21. The number of para-hydroxylation sites is 1. The van der Waals surface area contributed by atoms with E-state index in [-0.39, 0.29) is 18.0 Å². The second-order valence-electron chi connectivity index (χ2n) is 6.86. The third-order valence-corrected chi connectivity index (χ3v) is 4.85. The second kappa shape index (κ2) is 8.74. The van der Waals surface area contributed by atoms with Crippen molar-refractivity contribution in [2.75, 3.05) is 25.0 Å². The lowest BCUT2D eigenvalue weighted by Crippen LogP contribution is -2.50. The molecule has 0 fully saturated rings. The molecule has 0 aromatic heterocycles. The molecule has 138 valence electrons. The van der Waals surface area contributed by atoms with Crippen LogP contribution in [0.4, 0.5) is 10.5 Å². The molecule has 3 N–H and O–H groups in total. The van der Waals surface area contributed by atoms with Gasteiger partial charge in [-0.1, -0.05) is 25.1 Å². The van der Waals surface area contributed by atoms with Crippen LogP contribution in [0.1, 0.15) is 45.1 Å². The van der Waals surface area contributed by atoms with E-state index in [1.165, 1.54) is 11.3 Å². The predicted molar refractivity (Wildman–Crippen MR) is 101 cm³/mol. The monoisotopic (exact) mass is 346 g/mol. The van der Waals surface area contributed by atoms with Crippen molar-refractivity contribution in [3.8, 4) is 0 Å². The van der Waals surface area contributed by atoms with Gasteiger partial charge < -0.3 is 20.9 Å². The van der Waals surface area contributed by atoms with Gasteiger partial charge in [0.1, 0.15) is 6.04 Å². The summed E-state index contributed by atoms with van der Waals surface area (Å²) in [6.45, 7) is 7.19. The molecule has 0 radical (unpaired) electrons. The van der Waals surface area contributed by atoms with Crippen LogP contribution in [0.25, 0.3) is 0 Å². The Morgan fingerprint density at radius 1 is 1.24 bits per heavy atom. The van der Waals surface area contributed by atoms with Gasteiger partial charge in [0.2, 0.25) is 5.91 Å². The second-order valence-corrected chi connectivity index (χ2v) is 6.86. The van der Waals surface area contributed by atoms with Crippen LogP contribution in [0.3, 0.4) is 0 Å². The molecular weight excluding hydrogens is 316 g/mol. The Labute approximate surface area is 150 Å². The SMILES string of the molecule is CC[C@H](C)NC(=O)[C@H](C)NC(=O)NC[C@H]1CCN(C)c2ccccc21. The van der Waals surface area contributed by atoms with Crippen LogP contribution in [-0.2, 0) is 4.79 Å². The molecule has 1 aliphatic heterocycles. The highest BCUT2D eigenvalue weighted by Gasteiger charge is 2.23. The zero-order valence-corrected chi connectivity index (χ0v) is 15.6. The molecule has 3 amide bonds. The minimum Gasteiger partial charge on any atom is -0.374 e. The van der Waals surface area contributed by atoms with Crippen LogP contribution in [0.5, 0.6) is 0 Å². The van der Waals surface area contributed by atoms with Crippen molar-refractivity contribution in [1.29, 1.82) is 0 Å². The van der Waals surface area contributed by atoms with Crippen molar-refractivity contribution in [2.45, 2.75) is 51.6 Å². The zero-order chi connectivity index (χ0) is 18.4. The third-order valence-electron chi connectivity index (χ3n) is 4.85. The van der Waals surface area contributed by atoms with Crippen LogP contribution in [-0.4, -0.2) is 44.2 Å². The summed E-state index contributed by atoms with van der Waals surface area (Å²) in [6.07, 6.45) is 1.86. The van der Waals surface area contributed by atoms with Crippen molar-refractivity contribution in [2.24, 2.45) is 0 Å². The largest absolute Gasteiger partial charge is 0.374 e. The molecule has 0 aliphatic carbocycles. The molecule has 6 heteroatoms. The highest BCUT2D eigenvalue weighted by molar-refractivity contribution is 5.86. The van der Waals surface area contributed by atoms with E-state index in [0.29, 0.717) is 12.5 Å². The summed E-state index contributed by atoms with van der Waals surface area (Å²) in [5.74, 6) is 0.136. The molecule has 0 spiro atoms. The number of nitrogens with zero attached hydrogens (tertiary/aromatic N) is 1. The van der Waals surface area contributed by atoms with E-state index >= 15 is 0 Å². The van der Waals surface area contributed by atoms with Gasteiger partial charge in [0.25, 0.3) is 0 Å². The minimum atomic E-state index is -0.557. The van der Waals surface area contributed by atoms with E-state index in [2.05, 4.69) is 40.0 Å². The van der Waals surface area contributed by atoms with Crippen LogP contribution in [0, 0.1) is 0 Å². The summed E-state index contributed by atoms with van der Waals surface area (Å²) < 4.78 is 0. The van der Waals surface area contributed by atoms with Gasteiger partial charge in [0.15, 0.2) is 0 Å². The Hall–Kier alpha value is -2.24. The quantitative estimate of drug-likeness (QED) is 0.739. The number of hydrogen-bond acceptors (Lipinski definition) is 3. The van der Waals surface area contributed by atoms with Gasteiger partial charge in [-0.05, 0) is 38.3 Å². The number of urea groups is 1. The lowest BCUT2D eigenvalue weighted by Gasteiger charge is -2.33. The number of nitrogens with one attached hydrogen (secondary N) is 3. The third kappa shape index (κ3) is 5.11. The molecule has 1 aliphatic rings. The first kappa shape index (κ1) is 19.1. The molecule has 6 nitrogen and oxygen atoms in total. The van der Waals surface area contributed by atoms with Gasteiger partial charge in [0, 0.05) is 37.8 Å². The van der Waals surface area contributed by atoms with E-state index in [1.54, 1.807) is 6.92 Å². The molecule has 1 heterocycles. The first-order chi connectivity index (χ1) is 11.9. The molecule has 1 aromatic rings. The standard InChI is InChI=1S/C19H30N4O2/c1-5-13(2)21-18(24)14(3)22-19(25)20-12-15-10-11-23(4)17-9-7-6-8-16(15)17/h6-9,13-15H,5,10-12H2,1-4H3,(H,21,24)(H2,20,22,25)/t13-,14-,15+/m0/s1. The lowest BCUT2D eigenvalue weighted by molar-refractivity contribution is -0.123. The molecule has 3 atom stereocenters. The fraction of sp³-hybridized carbons (Fsp3) is 0.579. The topological polar surface area (TPSA) is 73.5 Å². The average Bonchev–Trinajstić information content (AvgIpc) is 2.61. The Bertz CT molecular complexity index is 605. The summed E-state index contributed by atoms with van der Waals surface area (Å²) in [7, 11) is 2.09. The van der Waals surface area contributed by atoms with Gasteiger partial charge >= 0.3 is 6.03 Å². The zero-order valence-electron chi connectivity index (χ0n) is 15.6. The Kier molecular flexibility index (Phi) is 6.67. The highest BCUT2D eigenvalue weighted by Crippen LogP contribution is 2.33. The number of carbonyl (C=O) groups is 2. The molecule has 0 bridgehead atoms. The van der Waals surface area contributed by atoms with Crippen LogP contribution < -0.4 is 20.9 Å². The van der Waals surface area contributed by atoms with Gasteiger partial charge in [-0.15, -0.1) is 0 Å². The van der Waals surface area contributed by atoms with Crippen molar-refractivity contribution in [3.63, 3.8) is 0 Å². The Morgan fingerprint density at radius 3 is 2.68 bits per heavy atom. The maximum atomic E-state index is 12.1. The highest BCUT2D eigenvalue weighted by atomic mass is 16.2. The summed E-state index contributed by atoms with van der Waals surface area (Å²) in [5, 5.41) is 8.49. The van der Waals surface area contributed by atoms with Crippen molar-refractivity contribution < 1.29 is 9.59 Å². The number of rotatable bonds is 6. The summed E-state index contributed by atoms with van der Waals surface area (Å²) >= 11 is 0. The van der Waals surface area contributed by atoms with E-state index < -0.39 is 6.04 Å². The fourth-order valence-corrected chi connectivity index (χ4v) is 3.02. The Balaban J connectivity index is 1.84. The number of carbonyl (C=O) groups excluding carboxylic acids is 2. The summed E-state index contributed by atoms with van der Waals surface area (Å²) in [6, 6.07) is 7.56. The first-order valence-corrected chi connectivity index (χ1v) is 9.07. The van der Waals surface area contributed by atoms with Gasteiger partial charge in [-0.25, -0.2) is 4.79 Å². The van der Waals surface area contributed by atoms with Gasteiger partial charge in [0.05, 0.1) is 0 Å². The molecular formula is C19H30N4O2.